The molecule has 0 spiro atoms. The van der Waals surface area contributed by atoms with Crippen molar-refractivity contribution in [2.45, 2.75) is 26.3 Å². The highest BCUT2D eigenvalue weighted by atomic mass is 19.2. The number of hydrogen-bond donors (Lipinski definition) is 1. The number of rotatable bonds is 3. The molecular formula is C18H16F2N2O2. The molecule has 0 aliphatic carbocycles. The van der Waals surface area contributed by atoms with E-state index in [0.29, 0.717) is 5.69 Å². The summed E-state index contributed by atoms with van der Waals surface area (Å²) >= 11 is 0. The highest BCUT2D eigenvalue weighted by molar-refractivity contribution is 6.23. The molecule has 1 fully saturated rings. The summed E-state index contributed by atoms with van der Waals surface area (Å²) in [6.07, 6.45) is -0.0361. The Morgan fingerprint density at radius 3 is 2.33 bits per heavy atom. The summed E-state index contributed by atoms with van der Waals surface area (Å²) in [6.45, 7) is 3.66. The number of hydrogen-bond acceptors (Lipinski definition) is 3. The molecule has 4 nitrogen and oxygen atoms in total. The SMILES string of the molecule is Cc1cccc(C)c1N1C(=O)C[C@@H](Nc2ccc(F)c(F)c2)C1=O. The van der Waals surface area contributed by atoms with E-state index in [1.165, 1.54) is 11.0 Å². The third-order valence-electron chi connectivity index (χ3n) is 4.07. The molecule has 1 atom stereocenters. The van der Waals surface area contributed by atoms with Crippen molar-refractivity contribution in [3.05, 3.63) is 59.2 Å². The maximum Gasteiger partial charge on any atom is 0.256 e. The zero-order chi connectivity index (χ0) is 17.4. The lowest BCUT2D eigenvalue weighted by Crippen LogP contribution is -2.35. The van der Waals surface area contributed by atoms with Crippen LogP contribution in [0.3, 0.4) is 0 Å². The first-order chi connectivity index (χ1) is 11.4. The Hall–Kier alpha value is -2.76. The molecule has 6 heteroatoms. The van der Waals surface area contributed by atoms with Gasteiger partial charge in [0.1, 0.15) is 6.04 Å². The Bertz CT molecular complexity index is 816. The van der Waals surface area contributed by atoms with Crippen molar-refractivity contribution in [1.82, 2.24) is 0 Å². The van der Waals surface area contributed by atoms with E-state index in [4.69, 9.17) is 0 Å². The number of benzene rings is 2. The summed E-state index contributed by atoms with van der Waals surface area (Å²) in [5.41, 5.74) is 2.49. The molecule has 124 valence electrons. The fraction of sp³-hybridized carbons (Fsp3) is 0.222. The van der Waals surface area contributed by atoms with Gasteiger partial charge >= 0.3 is 0 Å². The van der Waals surface area contributed by atoms with Crippen molar-refractivity contribution in [1.29, 1.82) is 0 Å². The van der Waals surface area contributed by atoms with Crippen LogP contribution in [0.5, 0.6) is 0 Å². The van der Waals surface area contributed by atoms with Crippen LogP contribution in [-0.2, 0) is 9.59 Å². The Morgan fingerprint density at radius 2 is 1.71 bits per heavy atom. The number of nitrogens with one attached hydrogen (secondary N) is 1. The van der Waals surface area contributed by atoms with Gasteiger partial charge in [-0.3, -0.25) is 9.59 Å². The van der Waals surface area contributed by atoms with Gasteiger partial charge in [0.15, 0.2) is 11.6 Å². The van der Waals surface area contributed by atoms with Crippen LogP contribution in [0.2, 0.25) is 0 Å². The Balaban J connectivity index is 1.88. The quantitative estimate of drug-likeness (QED) is 0.878. The van der Waals surface area contributed by atoms with E-state index in [0.717, 1.165) is 23.3 Å². The third-order valence-corrected chi connectivity index (χ3v) is 4.07. The van der Waals surface area contributed by atoms with E-state index in [2.05, 4.69) is 5.32 Å². The summed E-state index contributed by atoms with van der Waals surface area (Å²) < 4.78 is 26.3. The zero-order valence-electron chi connectivity index (χ0n) is 13.3. The topological polar surface area (TPSA) is 49.4 Å². The van der Waals surface area contributed by atoms with Crippen LogP contribution in [0.15, 0.2) is 36.4 Å². The van der Waals surface area contributed by atoms with Crippen LogP contribution < -0.4 is 10.2 Å². The summed E-state index contributed by atoms with van der Waals surface area (Å²) in [4.78, 5) is 26.2. The number of imide groups is 1. The monoisotopic (exact) mass is 330 g/mol. The van der Waals surface area contributed by atoms with Crippen LogP contribution in [0.4, 0.5) is 20.2 Å². The van der Waals surface area contributed by atoms with Gasteiger partial charge in [-0.1, -0.05) is 18.2 Å². The second kappa shape index (κ2) is 6.03. The standard InChI is InChI=1S/C18H16F2N2O2/c1-10-4-3-5-11(2)17(10)22-16(23)9-15(18(22)24)21-12-6-7-13(19)14(20)8-12/h3-8,15,21H,9H2,1-2H3/t15-/m1/s1. The first-order valence-corrected chi connectivity index (χ1v) is 7.53. The Labute approximate surface area is 138 Å². The minimum Gasteiger partial charge on any atom is -0.373 e. The molecule has 0 bridgehead atoms. The van der Waals surface area contributed by atoms with Crippen molar-refractivity contribution in [3.63, 3.8) is 0 Å². The summed E-state index contributed by atoms with van der Waals surface area (Å²) in [5, 5.41) is 2.81. The Kier molecular flexibility index (Phi) is 4.05. The van der Waals surface area contributed by atoms with E-state index >= 15 is 0 Å². The van der Waals surface area contributed by atoms with Crippen LogP contribution in [0, 0.1) is 25.5 Å². The van der Waals surface area contributed by atoms with Gasteiger partial charge in [-0.05, 0) is 37.1 Å². The van der Waals surface area contributed by atoms with Crippen molar-refractivity contribution in [2.75, 3.05) is 10.2 Å². The lowest BCUT2D eigenvalue weighted by Gasteiger charge is -2.20. The van der Waals surface area contributed by atoms with E-state index in [1.54, 1.807) is 0 Å². The number of carbonyl (C=O) groups excluding carboxylic acids is 2. The van der Waals surface area contributed by atoms with E-state index < -0.39 is 23.6 Å². The summed E-state index contributed by atoms with van der Waals surface area (Å²) in [7, 11) is 0. The molecular weight excluding hydrogens is 314 g/mol. The number of carbonyl (C=O) groups is 2. The number of aryl methyl sites for hydroxylation is 2. The molecule has 3 rings (SSSR count). The fourth-order valence-corrected chi connectivity index (χ4v) is 2.93. The second-order valence-corrected chi connectivity index (χ2v) is 5.84. The van der Waals surface area contributed by atoms with Crippen LogP contribution in [0.25, 0.3) is 0 Å². The number of amides is 2. The predicted octanol–water partition coefficient (Wildman–Crippen LogP) is 3.33. The van der Waals surface area contributed by atoms with Gasteiger partial charge in [0.2, 0.25) is 5.91 Å². The largest absolute Gasteiger partial charge is 0.373 e. The number of para-hydroxylation sites is 1. The number of nitrogens with zero attached hydrogens (tertiary/aromatic N) is 1. The summed E-state index contributed by atoms with van der Waals surface area (Å²) in [5.74, 6) is -2.70. The van der Waals surface area contributed by atoms with Gasteiger partial charge in [0, 0.05) is 11.8 Å². The highest BCUT2D eigenvalue weighted by Gasteiger charge is 2.40. The van der Waals surface area contributed by atoms with Crippen LogP contribution in [0.1, 0.15) is 17.5 Å². The molecule has 0 unspecified atom stereocenters. The highest BCUT2D eigenvalue weighted by Crippen LogP contribution is 2.30. The smallest absolute Gasteiger partial charge is 0.256 e. The third kappa shape index (κ3) is 2.75. The lowest BCUT2D eigenvalue weighted by atomic mass is 10.1. The molecule has 1 heterocycles. The minimum atomic E-state index is -1.01. The van der Waals surface area contributed by atoms with Gasteiger partial charge in [-0.15, -0.1) is 0 Å². The maximum absolute atomic E-state index is 13.3. The van der Waals surface area contributed by atoms with E-state index in [1.807, 2.05) is 32.0 Å². The second-order valence-electron chi connectivity index (χ2n) is 5.84. The maximum atomic E-state index is 13.3. The molecule has 1 aliphatic rings. The van der Waals surface area contributed by atoms with Crippen molar-refractivity contribution >= 4 is 23.2 Å². The van der Waals surface area contributed by atoms with Gasteiger partial charge < -0.3 is 5.32 Å². The summed E-state index contributed by atoms with van der Waals surface area (Å²) in [6, 6.07) is 7.99. The Morgan fingerprint density at radius 1 is 1.04 bits per heavy atom. The van der Waals surface area contributed by atoms with Crippen LogP contribution in [-0.4, -0.2) is 17.9 Å². The molecule has 1 saturated heterocycles. The molecule has 0 radical (unpaired) electrons. The molecule has 1 N–H and O–H groups in total. The van der Waals surface area contributed by atoms with Gasteiger partial charge in [-0.25, -0.2) is 13.7 Å². The van der Waals surface area contributed by atoms with E-state index in [-0.39, 0.29) is 18.0 Å². The number of anilines is 2. The molecule has 2 aromatic carbocycles. The first kappa shape index (κ1) is 16.1. The van der Waals surface area contributed by atoms with E-state index in [9.17, 15) is 18.4 Å². The van der Waals surface area contributed by atoms with Crippen molar-refractivity contribution in [2.24, 2.45) is 0 Å². The zero-order valence-corrected chi connectivity index (χ0v) is 13.3. The molecule has 2 aromatic rings. The normalized spacial score (nSPS) is 17.5. The first-order valence-electron chi connectivity index (χ1n) is 7.53. The van der Waals surface area contributed by atoms with Gasteiger partial charge in [0.05, 0.1) is 12.1 Å². The lowest BCUT2D eigenvalue weighted by molar-refractivity contribution is -0.121. The predicted molar refractivity (Wildman–Crippen MR) is 86.8 cm³/mol. The van der Waals surface area contributed by atoms with Crippen molar-refractivity contribution in [3.8, 4) is 0 Å². The van der Waals surface area contributed by atoms with Crippen molar-refractivity contribution < 1.29 is 18.4 Å². The molecule has 0 aromatic heterocycles. The van der Waals surface area contributed by atoms with Gasteiger partial charge in [0.25, 0.3) is 5.91 Å². The molecule has 2 amide bonds. The van der Waals surface area contributed by atoms with Crippen LogP contribution >= 0.6 is 0 Å². The molecule has 0 saturated carbocycles. The molecule has 24 heavy (non-hydrogen) atoms. The average molecular weight is 330 g/mol. The number of halogens is 2. The minimum absolute atomic E-state index is 0.0361. The van der Waals surface area contributed by atoms with Gasteiger partial charge in [-0.2, -0.15) is 0 Å². The average Bonchev–Trinajstić information content (AvgIpc) is 2.78. The molecule has 1 aliphatic heterocycles. The fourth-order valence-electron chi connectivity index (χ4n) is 2.93.